The molecule has 1 fully saturated rings. The molecule has 0 unspecified atom stereocenters. The predicted molar refractivity (Wildman–Crippen MR) is 66.9 cm³/mol. The van der Waals surface area contributed by atoms with Gasteiger partial charge in [-0.05, 0) is 18.2 Å². The van der Waals surface area contributed by atoms with Gasteiger partial charge in [-0.2, -0.15) is 0 Å². The highest BCUT2D eigenvalue weighted by Gasteiger charge is 2.10. The quantitative estimate of drug-likeness (QED) is 0.852. The number of hydrogen-bond acceptors (Lipinski definition) is 3. The monoisotopic (exact) mass is 303 g/mol. The molecule has 1 aliphatic heterocycles. The number of nitrogens with zero attached hydrogens (tertiary/aromatic N) is 1. The molecule has 0 atom stereocenters. The molecule has 0 aliphatic carbocycles. The summed E-state index contributed by atoms with van der Waals surface area (Å²) in [5, 5.41) is 0. The number of ether oxygens (including phenoxy) is 2. The van der Waals surface area contributed by atoms with Crippen LogP contribution in [0.25, 0.3) is 0 Å². The molecule has 2 rings (SSSR count). The number of benzene rings is 1. The van der Waals surface area contributed by atoms with Crippen LogP contribution in [0.5, 0.6) is 5.75 Å². The van der Waals surface area contributed by atoms with Crippen molar-refractivity contribution >= 4 is 15.9 Å². The summed E-state index contributed by atoms with van der Waals surface area (Å²) in [5.41, 5.74) is 0. The lowest BCUT2D eigenvalue weighted by atomic mass is 10.3. The van der Waals surface area contributed by atoms with Crippen LogP contribution in [0.1, 0.15) is 0 Å². The fraction of sp³-hybridized carbons (Fsp3) is 0.500. The van der Waals surface area contributed by atoms with Gasteiger partial charge in [-0.25, -0.2) is 4.39 Å². The molecule has 1 saturated heterocycles. The van der Waals surface area contributed by atoms with Gasteiger partial charge in [0.1, 0.15) is 6.61 Å². The van der Waals surface area contributed by atoms with E-state index in [0.717, 1.165) is 37.3 Å². The van der Waals surface area contributed by atoms with Gasteiger partial charge in [0.05, 0.1) is 13.2 Å². The van der Waals surface area contributed by atoms with Gasteiger partial charge in [-0.15, -0.1) is 0 Å². The maximum atomic E-state index is 13.4. The second-order valence-electron chi connectivity index (χ2n) is 3.88. The van der Waals surface area contributed by atoms with E-state index in [9.17, 15) is 4.39 Å². The molecule has 1 aromatic carbocycles. The van der Waals surface area contributed by atoms with Gasteiger partial charge in [0, 0.05) is 24.1 Å². The van der Waals surface area contributed by atoms with Crippen molar-refractivity contribution in [1.82, 2.24) is 4.90 Å². The van der Waals surface area contributed by atoms with Crippen molar-refractivity contribution in [2.24, 2.45) is 0 Å². The van der Waals surface area contributed by atoms with Crippen molar-refractivity contribution in [3.8, 4) is 5.75 Å². The van der Waals surface area contributed by atoms with Crippen molar-refractivity contribution in [1.29, 1.82) is 0 Å². The molecule has 1 heterocycles. The summed E-state index contributed by atoms with van der Waals surface area (Å²) in [6, 6.07) is 4.70. The van der Waals surface area contributed by atoms with Crippen molar-refractivity contribution in [2.75, 3.05) is 39.5 Å². The van der Waals surface area contributed by atoms with Gasteiger partial charge in [-0.3, -0.25) is 4.90 Å². The number of hydrogen-bond donors (Lipinski definition) is 0. The smallest absolute Gasteiger partial charge is 0.165 e. The van der Waals surface area contributed by atoms with Crippen molar-refractivity contribution in [2.45, 2.75) is 0 Å². The number of rotatable bonds is 4. The van der Waals surface area contributed by atoms with E-state index in [4.69, 9.17) is 9.47 Å². The fourth-order valence-corrected chi connectivity index (χ4v) is 2.04. The Balaban J connectivity index is 1.79. The maximum absolute atomic E-state index is 13.4. The van der Waals surface area contributed by atoms with Crippen LogP contribution in [-0.2, 0) is 4.74 Å². The summed E-state index contributed by atoms with van der Waals surface area (Å²) in [5.74, 6) is -0.0252. The molecule has 17 heavy (non-hydrogen) atoms. The van der Waals surface area contributed by atoms with Crippen LogP contribution in [0.4, 0.5) is 4.39 Å². The Labute approximate surface area is 109 Å². The summed E-state index contributed by atoms with van der Waals surface area (Å²) in [4.78, 5) is 2.25. The van der Waals surface area contributed by atoms with E-state index in [-0.39, 0.29) is 5.82 Å². The summed E-state index contributed by atoms with van der Waals surface area (Å²) in [7, 11) is 0. The molecular weight excluding hydrogens is 289 g/mol. The fourth-order valence-electron chi connectivity index (χ4n) is 1.70. The predicted octanol–water partition coefficient (Wildman–Crippen LogP) is 2.30. The van der Waals surface area contributed by atoms with Gasteiger partial charge in [0.25, 0.3) is 0 Å². The van der Waals surface area contributed by atoms with Crippen LogP contribution in [0, 0.1) is 5.82 Å². The first-order valence-electron chi connectivity index (χ1n) is 5.63. The van der Waals surface area contributed by atoms with E-state index in [1.165, 1.54) is 6.07 Å². The third-order valence-corrected chi connectivity index (χ3v) is 3.16. The molecule has 94 valence electrons. The third kappa shape index (κ3) is 3.94. The van der Waals surface area contributed by atoms with Gasteiger partial charge in [-0.1, -0.05) is 15.9 Å². The standard InChI is InChI=1S/C12H15BrFNO2/c13-10-1-2-11(14)12(9-10)17-8-5-15-3-6-16-7-4-15/h1-2,9H,3-8H2. The lowest BCUT2D eigenvalue weighted by Crippen LogP contribution is -2.38. The Bertz CT molecular complexity index is 370. The second kappa shape index (κ2) is 6.33. The molecular formula is C12H15BrFNO2. The Morgan fingerprint density at radius 2 is 2.12 bits per heavy atom. The summed E-state index contributed by atoms with van der Waals surface area (Å²) in [6.07, 6.45) is 0. The Morgan fingerprint density at radius 1 is 1.35 bits per heavy atom. The van der Waals surface area contributed by atoms with Gasteiger partial charge >= 0.3 is 0 Å². The van der Waals surface area contributed by atoms with Crippen LogP contribution in [0.3, 0.4) is 0 Å². The number of halogens is 2. The zero-order chi connectivity index (χ0) is 12.1. The highest BCUT2D eigenvalue weighted by molar-refractivity contribution is 9.10. The minimum Gasteiger partial charge on any atom is -0.489 e. The normalized spacial score (nSPS) is 17.1. The first-order chi connectivity index (χ1) is 8.25. The van der Waals surface area contributed by atoms with E-state index in [1.54, 1.807) is 12.1 Å². The molecule has 0 saturated carbocycles. The zero-order valence-electron chi connectivity index (χ0n) is 9.49. The van der Waals surface area contributed by atoms with Crippen molar-refractivity contribution < 1.29 is 13.9 Å². The average molecular weight is 304 g/mol. The number of morpholine rings is 1. The zero-order valence-corrected chi connectivity index (χ0v) is 11.1. The van der Waals surface area contributed by atoms with E-state index in [0.29, 0.717) is 12.4 Å². The topological polar surface area (TPSA) is 21.7 Å². The SMILES string of the molecule is Fc1ccc(Br)cc1OCCN1CCOCC1. The largest absolute Gasteiger partial charge is 0.489 e. The average Bonchev–Trinajstić information content (AvgIpc) is 2.35. The van der Waals surface area contributed by atoms with Crippen molar-refractivity contribution in [3.05, 3.63) is 28.5 Å². The Kier molecular flexibility index (Phi) is 4.76. The van der Waals surface area contributed by atoms with Crippen LogP contribution in [0.2, 0.25) is 0 Å². The van der Waals surface area contributed by atoms with Gasteiger partial charge < -0.3 is 9.47 Å². The molecule has 0 spiro atoms. The van der Waals surface area contributed by atoms with Crippen LogP contribution in [-0.4, -0.2) is 44.4 Å². The molecule has 0 N–H and O–H groups in total. The molecule has 1 aromatic rings. The first-order valence-corrected chi connectivity index (χ1v) is 6.43. The molecule has 0 amide bonds. The summed E-state index contributed by atoms with van der Waals surface area (Å²) >= 11 is 3.29. The third-order valence-electron chi connectivity index (χ3n) is 2.66. The van der Waals surface area contributed by atoms with E-state index in [2.05, 4.69) is 20.8 Å². The maximum Gasteiger partial charge on any atom is 0.165 e. The first kappa shape index (κ1) is 12.8. The Morgan fingerprint density at radius 3 is 2.88 bits per heavy atom. The van der Waals surface area contributed by atoms with Gasteiger partial charge in [0.2, 0.25) is 0 Å². The lowest BCUT2D eigenvalue weighted by molar-refractivity contribution is 0.0320. The minimum atomic E-state index is -0.324. The van der Waals surface area contributed by atoms with Crippen LogP contribution >= 0.6 is 15.9 Å². The van der Waals surface area contributed by atoms with Gasteiger partial charge in [0.15, 0.2) is 11.6 Å². The Hall–Kier alpha value is -0.650. The highest BCUT2D eigenvalue weighted by Crippen LogP contribution is 2.22. The molecule has 0 radical (unpaired) electrons. The van der Waals surface area contributed by atoms with E-state index >= 15 is 0 Å². The molecule has 5 heteroatoms. The molecule has 0 aromatic heterocycles. The van der Waals surface area contributed by atoms with Crippen LogP contribution in [0.15, 0.2) is 22.7 Å². The second-order valence-corrected chi connectivity index (χ2v) is 4.79. The van der Waals surface area contributed by atoms with E-state index in [1.807, 2.05) is 0 Å². The molecule has 3 nitrogen and oxygen atoms in total. The lowest BCUT2D eigenvalue weighted by Gasteiger charge is -2.26. The van der Waals surface area contributed by atoms with Crippen molar-refractivity contribution in [3.63, 3.8) is 0 Å². The van der Waals surface area contributed by atoms with E-state index < -0.39 is 0 Å². The molecule has 0 bridgehead atoms. The highest BCUT2D eigenvalue weighted by atomic mass is 79.9. The summed E-state index contributed by atoms with van der Waals surface area (Å²) in [6.45, 7) is 4.67. The van der Waals surface area contributed by atoms with Crippen LogP contribution < -0.4 is 4.74 Å². The molecule has 1 aliphatic rings. The minimum absolute atomic E-state index is 0.299. The summed E-state index contributed by atoms with van der Waals surface area (Å²) < 4.78 is 24.9.